The summed E-state index contributed by atoms with van der Waals surface area (Å²) in [4.78, 5) is 17.5. The molecule has 0 radical (unpaired) electrons. The van der Waals surface area contributed by atoms with Crippen molar-refractivity contribution in [3.05, 3.63) is 71.1 Å². The molecule has 4 rings (SSSR count). The first kappa shape index (κ1) is 20.6. The molecule has 0 saturated heterocycles. The van der Waals surface area contributed by atoms with Gasteiger partial charge in [-0.3, -0.25) is 4.98 Å². The number of aromatic nitrogens is 4. The van der Waals surface area contributed by atoms with Gasteiger partial charge < -0.3 is 15.6 Å². The fourth-order valence-electron chi connectivity index (χ4n) is 2.95. The zero-order valence-corrected chi connectivity index (χ0v) is 17.4. The number of hydrogen-bond donors (Lipinski definition) is 2. The molecule has 0 fully saturated rings. The predicted octanol–water partition coefficient (Wildman–Crippen LogP) is 3.63. The van der Waals surface area contributed by atoms with E-state index in [2.05, 4.69) is 26.0 Å². The summed E-state index contributed by atoms with van der Waals surface area (Å²) in [5.41, 5.74) is 8.55. The Kier molecular flexibility index (Phi) is 5.95. The number of hydrogen-bond acceptors (Lipinski definition) is 9. The number of aliphatic hydroxyl groups excluding tert-OH is 1. The van der Waals surface area contributed by atoms with Crippen molar-refractivity contribution in [2.24, 2.45) is 5.73 Å². The third kappa shape index (κ3) is 4.57. The van der Waals surface area contributed by atoms with E-state index in [4.69, 9.17) is 10.5 Å². The highest BCUT2D eigenvalue weighted by atomic mass is 32.1. The zero-order valence-electron chi connectivity index (χ0n) is 16.6. The third-order valence-corrected chi connectivity index (χ3v) is 5.26. The molecule has 31 heavy (non-hydrogen) atoms. The number of benzene rings is 1. The van der Waals surface area contributed by atoms with Gasteiger partial charge in [0, 0.05) is 41.5 Å². The molecule has 0 aliphatic heterocycles. The summed E-state index contributed by atoms with van der Waals surface area (Å²) in [7, 11) is 0. The van der Waals surface area contributed by atoms with Crippen LogP contribution >= 0.6 is 11.3 Å². The van der Waals surface area contributed by atoms with Crippen molar-refractivity contribution in [1.82, 2.24) is 19.9 Å². The van der Waals surface area contributed by atoms with E-state index in [0.29, 0.717) is 45.5 Å². The Morgan fingerprint density at radius 3 is 2.71 bits per heavy atom. The van der Waals surface area contributed by atoms with Gasteiger partial charge in [0.25, 0.3) is 0 Å². The fraction of sp³-hybridized carbons (Fsp3) is 0.136. The van der Waals surface area contributed by atoms with Crippen LogP contribution in [0.25, 0.3) is 22.0 Å². The van der Waals surface area contributed by atoms with Crippen molar-refractivity contribution in [2.75, 3.05) is 6.54 Å². The van der Waals surface area contributed by atoms with Crippen LogP contribution < -0.4 is 10.5 Å². The van der Waals surface area contributed by atoms with E-state index in [1.165, 1.54) is 11.3 Å². The Morgan fingerprint density at radius 2 is 2.03 bits per heavy atom. The van der Waals surface area contributed by atoms with Gasteiger partial charge in [-0.05, 0) is 31.2 Å². The van der Waals surface area contributed by atoms with Crippen molar-refractivity contribution < 1.29 is 9.84 Å². The quantitative estimate of drug-likeness (QED) is 0.474. The number of nitriles is 1. The van der Waals surface area contributed by atoms with Gasteiger partial charge in [0.05, 0.1) is 23.4 Å². The van der Waals surface area contributed by atoms with E-state index >= 15 is 0 Å². The average molecular weight is 430 g/mol. The van der Waals surface area contributed by atoms with Crippen LogP contribution in [0.4, 0.5) is 0 Å². The average Bonchev–Trinajstić information content (AvgIpc) is 3.33. The molecule has 1 aromatic carbocycles. The highest BCUT2D eigenvalue weighted by molar-refractivity contribution is 7.13. The first-order chi connectivity index (χ1) is 15.1. The topological polar surface area (TPSA) is 131 Å². The van der Waals surface area contributed by atoms with E-state index in [1.54, 1.807) is 55.7 Å². The lowest BCUT2D eigenvalue weighted by Crippen LogP contribution is -2.11. The van der Waals surface area contributed by atoms with E-state index in [0.717, 1.165) is 5.01 Å². The SMILES string of the molecule is Cc1nc(Oc2cc(C#N)ccc2-c2ccc(C(O)CN)cn2)cc(-c2nccs2)n1. The molecule has 1 atom stereocenters. The minimum Gasteiger partial charge on any atom is -0.438 e. The van der Waals surface area contributed by atoms with Gasteiger partial charge in [-0.2, -0.15) is 10.2 Å². The number of nitrogens with zero attached hydrogens (tertiary/aromatic N) is 5. The van der Waals surface area contributed by atoms with Crippen LogP contribution in [0.1, 0.15) is 23.1 Å². The number of pyridine rings is 1. The smallest absolute Gasteiger partial charge is 0.223 e. The van der Waals surface area contributed by atoms with Crippen molar-refractivity contribution in [3.8, 4) is 39.7 Å². The maximum Gasteiger partial charge on any atom is 0.223 e. The minimum atomic E-state index is -0.772. The normalized spacial score (nSPS) is 11.7. The summed E-state index contributed by atoms with van der Waals surface area (Å²) in [6, 6.07) is 12.5. The van der Waals surface area contributed by atoms with Gasteiger partial charge >= 0.3 is 0 Å². The van der Waals surface area contributed by atoms with Gasteiger partial charge in [-0.1, -0.05) is 6.07 Å². The number of ether oxygens (including phenoxy) is 1. The van der Waals surface area contributed by atoms with Crippen LogP contribution in [0.2, 0.25) is 0 Å². The van der Waals surface area contributed by atoms with Crippen molar-refractivity contribution >= 4 is 11.3 Å². The van der Waals surface area contributed by atoms with Gasteiger partial charge in [0.15, 0.2) is 0 Å². The number of aryl methyl sites for hydroxylation is 1. The molecular formula is C22H18N6O2S. The van der Waals surface area contributed by atoms with Crippen LogP contribution in [0, 0.1) is 18.3 Å². The maximum absolute atomic E-state index is 9.89. The predicted molar refractivity (Wildman–Crippen MR) is 116 cm³/mol. The fourth-order valence-corrected chi connectivity index (χ4v) is 3.55. The van der Waals surface area contributed by atoms with Crippen molar-refractivity contribution in [1.29, 1.82) is 5.26 Å². The van der Waals surface area contributed by atoms with Gasteiger partial charge in [0.1, 0.15) is 22.3 Å². The zero-order chi connectivity index (χ0) is 21.8. The molecule has 0 amide bonds. The Balaban J connectivity index is 1.73. The molecule has 154 valence electrons. The van der Waals surface area contributed by atoms with Crippen LogP contribution in [-0.2, 0) is 0 Å². The largest absolute Gasteiger partial charge is 0.438 e. The number of rotatable bonds is 6. The molecule has 3 heterocycles. The lowest BCUT2D eigenvalue weighted by molar-refractivity contribution is 0.186. The summed E-state index contributed by atoms with van der Waals surface area (Å²) in [6.45, 7) is 1.89. The second-order valence-corrected chi connectivity index (χ2v) is 7.52. The number of nitrogens with two attached hydrogens (primary N) is 1. The second kappa shape index (κ2) is 8.97. The van der Waals surface area contributed by atoms with E-state index in [-0.39, 0.29) is 6.54 Å². The molecule has 3 aromatic heterocycles. The van der Waals surface area contributed by atoms with Crippen LogP contribution in [0.5, 0.6) is 11.6 Å². The summed E-state index contributed by atoms with van der Waals surface area (Å²) < 4.78 is 6.09. The minimum absolute atomic E-state index is 0.112. The van der Waals surface area contributed by atoms with Crippen LogP contribution in [0.15, 0.2) is 54.2 Å². The number of aliphatic hydroxyl groups is 1. The van der Waals surface area contributed by atoms with Crippen LogP contribution in [0.3, 0.4) is 0 Å². The molecule has 0 spiro atoms. The molecule has 4 aromatic rings. The van der Waals surface area contributed by atoms with E-state index < -0.39 is 6.10 Å². The molecule has 8 nitrogen and oxygen atoms in total. The molecule has 1 unspecified atom stereocenters. The third-order valence-electron chi connectivity index (χ3n) is 4.46. The first-order valence-electron chi connectivity index (χ1n) is 9.39. The molecule has 0 saturated carbocycles. The lowest BCUT2D eigenvalue weighted by atomic mass is 10.1. The molecular weight excluding hydrogens is 412 g/mol. The van der Waals surface area contributed by atoms with E-state index in [9.17, 15) is 10.4 Å². The van der Waals surface area contributed by atoms with E-state index in [1.807, 2.05) is 5.38 Å². The Labute approximate surface area is 182 Å². The van der Waals surface area contributed by atoms with Gasteiger partial charge in [0.2, 0.25) is 5.88 Å². The Bertz CT molecular complexity index is 1240. The lowest BCUT2D eigenvalue weighted by Gasteiger charge is -2.13. The van der Waals surface area contributed by atoms with Crippen molar-refractivity contribution in [2.45, 2.75) is 13.0 Å². The number of thiazole rings is 1. The summed E-state index contributed by atoms with van der Waals surface area (Å²) >= 11 is 1.47. The highest BCUT2D eigenvalue weighted by Crippen LogP contribution is 2.34. The first-order valence-corrected chi connectivity index (χ1v) is 10.3. The van der Waals surface area contributed by atoms with Gasteiger partial charge in [-0.25, -0.2) is 9.97 Å². The molecule has 3 N–H and O–H groups in total. The molecule has 9 heteroatoms. The van der Waals surface area contributed by atoms with Gasteiger partial charge in [-0.15, -0.1) is 11.3 Å². The molecule has 0 bridgehead atoms. The second-order valence-electron chi connectivity index (χ2n) is 6.63. The molecule has 0 aliphatic rings. The summed E-state index contributed by atoms with van der Waals surface area (Å²) in [5, 5.41) is 21.9. The highest BCUT2D eigenvalue weighted by Gasteiger charge is 2.14. The Morgan fingerprint density at radius 1 is 1.16 bits per heavy atom. The van der Waals surface area contributed by atoms with Crippen LogP contribution in [-0.4, -0.2) is 31.6 Å². The maximum atomic E-state index is 9.89. The van der Waals surface area contributed by atoms with Crippen molar-refractivity contribution in [3.63, 3.8) is 0 Å². The Hall–Kier alpha value is -3.71. The molecule has 0 aliphatic carbocycles. The summed E-state index contributed by atoms with van der Waals surface area (Å²) in [6.07, 6.45) is 2.51. The standard InChI is InChI=1S/C22H18N6O2S/c1-13-27-18(22-25-6-7-31-22)9-21(28-13)30-20-8-14(10-23)2-4-16(20)17-5-3-15(12-26-17)19(29)11-24/h2-9,12,19,29H,11,24H2,1H3. The monoisotopic (exact) mass is 430 g/mol. The summed E-state index contributed by atoms with van der Waals surface area (Å²) in [5.74, 6) is 1.31.